The summed E-state index contributed by atoms with van der Waals surface area (Å²) in [5, 5.41) is 13.9. The molecular formula is C32H37N5O3. The molecule has 3 aromatic rings. The van der Waals surface area contributed by atoms with E-state index in [0.717, 1.165) is 27.7 Å². The Labute approximate surface area is 235 Å². The number of aromatic amines is 1. The molecule has 1 saturated heterocycles. The van der Waals surface area contributed by atoms with Gasteiger partial charge in [0.15, 0.2) is 0 Å². The zero-order chi connectivity index (χ0) is 29.0. The van der Waals surface area contributed by atoms with Crippen molar-refractivity contribution in [2.24, 2.45) is 5.92 Å². The van der Waals surface area contributed by atoms with Crippen LogP contribution in [-0.4, -0.2) is 58.2 Å². The summed E-state index contributed by atoms with van der Waals surface area (Å²) in [5.41, 5.74) is 2.96. The van der Waals surface area contributed by atoms with Crippen LogP contribution in [0.3, 0.4) is 0 Å². The van der Waals surface area contributed by atoms with Crippen molar-refractivity contribution in [1.29, 1.82) is 5.26 Å². The molecule has 0 bridgehead atoms. The molecule has 3 atom stereocenters. The van der Waals surface area contributed by atoms with Gasteiger partial charge in [-0.25, -0.2) is 0 Å². The van der Waals surface area contributed by atoms with Crippen LogP contribution in [0.4, 0.5) is 5.69 Å². The molecular weight excluding hydrogens is 502 g/mol. The maximum absolute atomic E-state index is 14.2. The van der Waals surface area contributed by atoms with Gasteiger partial charge in [0.1, 0.15) is 17.8 Å². The minimum atomic E-state index is -0.973. The highest BCUT2D eigenvalue weighted by molar-refractivity contribution is 6.07. The summed E-state index contributed by atoms with van der Waals surface area (Å²) in [6.45, 7) is 10.5. The highest BCUT2D eigenvalue weighted by atomic mass is 16.2. The summed E-state index contributed by atoms with van der Waals surface area (Å²) in [5.74, 6) is -0.675. The molecule has 208 valence electrons. The molecule has 1 spiro atoms. The van der Waals surface area contributed by atoms with E-state index in [0.29, 0.717) is 12.1 Å². The maximum atomic E-state index is 14.2. The number of hydrogen-bond donors (Lipinski definition) is 2. The van der Waals surface area contributed by atoms with Crippen molar-refractivity contribution in [2.45, 2.75) is 70.4 Å². The van der Waals surface area contributed by atoms with E-state index in [1.165, 1.54) is 9.80 Å². The zero-order valence-corrected chi connectivity index (χ0v) is 24.0. The van der Waals surface area contributed by atoms with Gasteiger partial charge in [-0.05, 0) is 47.1 Å². The molecule has 0 radical (unpaired) electrons. The molecule has 1 unspecified atom stereocenters. The van der Waals surface area contributed by atoms with Crippen LogP contribution in [0.15, 0.2) is 48.5 Å². The molecule has 3 heterocycles. The molecule has 2 aliphatic rings. The van der Waals surface area contributed by atoms with Crippen LogP contribution in [0.5, 0.6) is 0 Å². The number of aromatic nitrogens is 1. The lowest BCUT2D eigenvalue weighted by Gasteiger charge is -2.33. The lowest BCUT2D eigenvalue weighted by atomic mass is 9.80. The van der Waals surface area contributed by atoms with E-state index in [9.17, 15) is 19.6 Å². The number of benzene rings is 2. The van der Waals surface area contributed by atoms with Gasteiger partial charge in [-0.2, -0.15) is 5.26 Å². The first-order valence-electron chi connectivity index (χ1n) is 13.9. The molecule has 40 heavy (non-hydrogen) atoms. The number of nitriles is 1. The Kier molecular flexibility index (Phi) is 6.73. The third-order valence-corrected chi connectivity index (χ3v) is 8.40. The van der Waals surface area contributed by atoms with E-state index < -0.39 is 17.5 Å². The van der Waals surface area contributed by atoms with E-state index in [1.807, 2.05) is 50.2 Å². The van der Waals surface area contributed by atoms with Crippen LogP contribution in [0.1, 0.15) is 69.1 Å². The van der Waals surface area contributed by atoms with Crippen LogP contribution in [-0.2, 0) is 20.4 Å². The lowest BCUT2D eigenvalue weighted by Crippen LogP contribution is -2.52. The fourth-order valence-electron chi connectivity index (χ4n) is 6.09. The topological polar surface area (TPSA) is 109 Å². The van der Waals surface area contributed by atoms with Gasteiger partial charge in [0.2, 0.25) is 11.8 Å². The fourth-order valence-corrected chi connectivity index (χ4v) is 6.09. The van der Waals surface area contributed by atoms with E-state index in [-0.39, 0.29) is 42.0 Å². The van der Waals surface area contributed by atoms with Crippen molar-refractivity contribution in [3.05, 3.63) is 65.4 Å². The number of H-pyrrole nitrogens is 1. The van der Waals surface area contributed by atoms with Crippen molar-refractivity contribution in [3.8, 4) is 6.07 Å². The number of rotatable bonds is 5. The molecule has 0 saturated carbocycles. The summed E-state index contributed by atoms with van der Waals surface area (Å²) in [6.07, 6.45) is 0.655. The van der Waals surface area contributed by atoms with Crippen LogP contribution < -0.4 is 5.32 Å². The number of fused-ring (bicyclic) bond motifs is 3. The number of anilines is 1. The molecule has 8 nitrogen and oxygen atoms in total. The number of nitrogens with one attached hydrogen (secondary N) is 2. The van der Waals surface area contributed by atoms with Crippen molar-refractivity contribution < 1.29 is 14.4 Å². The molecule has 2 aromatic carbocycles. The number of carbonyl (C=O) groups is 3. The predicted octanol–water partition coefficient (Wildman–Crippen LogP) is 4.97. The Bertz CT molecular complexity index is 1540. The first kappa shape index (κ1) is 27.4. The minimum Gasteiger partial charge on any atom is -0.351 e. The Balaban J connectivity index is 1.45. The van der Waals surface area contributed by atoms with Crippen molar-refractivity contribution in [1.82, 2.24) is 14.8 Å². The van der Waals surface area contributed by atoms with Crippen molar-refractivity contribution in [3.63, 3.8) is 0 Å². The van der Waals surface area contributed by atoms with Crippen LogP contribution in [0, 0.1) is 17.2 Å². The molecule has 1 fully saturated rings. The van der Waals surface area contributed by atoms with E-state index in [4.69, 9.17) is 0 Å². The van der Waals surface area contributed by atoms with Gasteiger partial charge in [0.05, 0.1) is 11.5 Å². The first-order valence-corrected chi connectivity index (χ1v) is 13.9. The van der Waals surface area contributed by atoms with Gasteiger partial charge in [-0.3, -0.25) is 14.4 Å². The van der Waals surface area contributed by atoms with Crippen LogP contribution >= 0.6 is 0 Å². The number of amides is 3. The molecule has 0 aliphatic carbocycles. The number of hydrogen-bond acceptors (Lipinski definition) is 4. The SMILES string of the molecule is CC(C)CC(C(=O)N1C[C@]2(C[C@H]1C#N)C(=O)Nc1ccccc12)N(C)C(=O)c1cc2ccc(C(C)(C)C)cc2[nH]1. The fraction of sp³-hybridized carbons (Fsp3) is 0.438. The third kappa shape index (κ3) is 4.53. The number of nitrogens with zero attached hydrogens (tertiary/aromatic N) is 3. The molecule has 3 amide bonds. The Morgan fingerprint density at radius 3 is 2.58 bits per heavy atom. The van der Waals surface area contributed by atoms with Gasteiger partial charge in [-0.15, -0.1) is 0 Å². The summed E-state index contributed by atoms with van der Waals surface area (Å²) >= 11 is 0. The van der Waals surface area contributed by atoms with E-state index in [1.54, 1.807) is 7.05 Å². The maximum Gasteiger partial charge on any atom is 0.270 e. The first-order chi connectivity index (χ1) is 18.9. The lowest BCUT2D eigenvalue weighted by molar-refractivity contribution is -0.136. The second-order valence-electron chi connectivity index (χ2n) is 12.7. The van der Waals surface area contributed by atoms with Gasteiger partial charge < -0.3 is 20.1 Å². The molecule has 2 aliphatic heterocycles. The Morgan fingerprint density at radius 2 is 1.90 bits per heavy atom. The number of carbonyl (C=O) groups excluding carboxylic acids is 3. The summed E-state index contributed by atoms with van der Waals surface area (Å²) in [7, 11) is 1.64. The quantitative estimate of drug-likeness (QED) is 0.477. The standard InChI is InChI=1S/C32H37N5O3/c1-19(2)13-27(36(6)28(38)26-14-20-11-12-21(31(3,4)5)15-25(20)34-26)29(39)37-18-32(16-22(37)17-33)23-9-7-8-10-24(23)35-30(32)40/h7-12,14-15,19,22,27,34H,13,16,18H2,1-6H3,(H,35,40)/t22-,27?,32-/m0/s1. The van der Waals surface area contributed by atoms with Gasteiger partial charge in [0, 0.05) is 36.6 Å². The second kappa shape index (κ2) is 9.81. The van der Waals surface area contributed by atoms with Crippen LogP contribution in [0.25, 0.3) is 10.9 Å². The van der Waals surface area contributed by atoms with Crippen LogP contribution in [0.2, 0.25) is 0 Å². The van der Waals surface area contributed by atoms with E-state index >= 15 is 0 Å². The predicted molar refractivity (Wildman–Crippen MR) is 155 cm³/mol. The Morgan fingerprint density at radius 1 is 1.18 bits per heavy atom. The summed E-state index contributed by atoms with van der Waals surface area (Å²) < 4.78 is 0. The van der Waals surface area contributed by atoms with Crippen molar-refractivity contribution >= 4 is 34.3 Å². The minimum absolute atomic E-state index is 0.0316. The number of likely N-dealkylation sites (N-methyl/N-ethyl adjacent to an activating group) is 1. The average Bonchev–Trinajstić information content (AvgIpc) is 3.59. The molecule has 8 heteroatoms. The van der Waals surface area contributed by atoms with E-state index in [2.05, 4.69) is 49.3 Å². The number of likely N-dealkylation sites (tertiary alicyclic amines) is 1. The molecule has 2 N–H and O–H groups in total. The molecule has 5 rings (SSSR count). The highest BCUT2D eigenvalue weighted by Gasteiger charge is 2.56. The Hall–Kier alpha value is -4.12. The monoisotopic (exact) mass is 539 g/mol. The van der Waals surface area contributed by atoms with Gasteiger partial charge in [0.25, 0.3) is 5.91 Å². The third-order valence-electron chi connectivity index (χ3n) is 8.40. The summed E-state index contributed by atoms with van der Waals surface area (Å²) in [6, 6.07) is 16.1. The highest BCUT2D eigenvalue weighted by Crippen LogP contribution is 2.46. The normalized spacial score (nSPS) is 21.0. The van der Waals surface area contributed by atoms with Gasteiger partial charge >= 0.3 is 0 Å². The zero-order valence-electron chi connectivity index (χ0n) is 24.0. The van der Waals surface area contributed by atoms with Gasteiger partial charge in [-0.1, -0.05) is 65.0 Å². The largest absolute Gasteiger partial charge is 0.351 e. The van der Waals surface area contributed by atoms with Crippen molar-refractivity contribution in [2.75, 3.05) is 18.9 Å². The summed E-state index contributed by atoms with van der Waals surface area (Å²) in [4.78, 5) is 47.4. The number of para-hydroxylation sites is 1. The smallest absolute Gasteiger partial charge is 0.270 e. The second-order valence-corrected chi connectivity index (χ2v) is 12.7. The molecule has 1 aromatic heterocycles. The average molecular weight is 540 g/mol.